The predicted molar refractivity (Wildman–Crippen MR) is 127 cm³/mol. The topological polar surface area (TPSA) is 80.5 Å². The second-order valence-corrected chi connectivity index (χ2v) is 7.89. The summed E-state index contributed by atoms with van der Waals surface area (Å²) in [5, 5.41) is 10.0. The van der Waals surface area contributed by atoms with Crippen LogP contribution in [0.4, 0.5) is 5.69 Å². The molecule has 32 heavy (non-hydrogen) atoms. The number of nitrogens with zero attached hydrogens (tertiary/aromatic N) is 4. The van der Waals surface area contributed by atoms with Crippen molar-refractivity contribution in [1.82, 2.24) is 24.3 Å². The first-order valence-electron chi connectivity index (χ1n) is 10.1. The Kier molecular flexibility index (Phi) is 5.12. The van der Waals surface area contributed by atoms with Crippen LogP contribution in [0.5, 0.6) is 0 Å². The maximum absolute atomic E-state index is 12.7. The molecule has 2 aromatic heterocycles. The average Bonchev–Trinajstić information content (AvgIpc) is 3.39. The minimum atomic E-state index is -0.184. The second kappa shape index (κ2) is 8.24. The summed E-state index contributed by atoms with van der Waals surface area (Å²) in [6, 6.07) is 23.5. The van der Waals surface area contributed by atoms with E-state index in [2.05, 4.69) is 20.5 Å². The van der Waals surface area contributed by atoms with Gasteiger partial charge < -0.3 is 5.32 Å². The molecule has 7 nitrogen and oxygen atoms in total. The standard InChI is InChI=1S/C24H20N6OS/c1-16-6-8-17(9-7-16)23-27-28-24(32)29(23)14-22(31)26-18-10-12-19(13-11-18)30-15-25-20-4-2-3-5-21(20)30/h2-13,15H,14H2,1H3,(H,26,31)(H,28,32). The quantitative estimate of drug-likeness (QED) is 0.381. The van der Waals surface area contributed by atoms with E-state index in [1.807, 2.05) is 84.3 Å². The molecule has 8 heteroatoms. The smallest absolute Gasteiger partial charge is 0.244 e. The van der Waals surface area contributed by atoms with Crippen LogP contribution >= 0.6 is 12.2 Å². The Hall–Kier alpha value is -4.04. The van der Waals surface area contributed by atoms with Gasteiger partial charge in [0.25, 0.3) is 0 Å². The number of nitrogens with one attached hydrogen (secondary N) is 2. The normalized spacial score (nSPS) is 11.0. The lowest BCUT2D eigenvalue weighted by Gasteiger charge is -2.10. The van der Waals surface area contributed by atoms with Gasteiger partial charge in [-0.3, -0.25) is 19.0 Å². The Balaban J connectivity index is 1.33. The first kappa shape index (κ1) is 19.9. The molecule has 158 valence electrons. The summed E-state index contributed by atoms with van der Waals surface area (Å²) in [5.41, 5.74) is 5.69. The number of para-hydroxylation sites is 2. The van der Waals surface area contributed by atoms with Crippen LogP contribution in [-0.4, -0.2) is 30.2 Å². The Labute approximate surface area is 189 Å². The molecule has 0 aliphatic carbocycles. The number of H-pyrrole nitrogens is 1. The molecule has 5 rings (SSSR count). The van der Waals surface area contributed by atoms with Gasteiger partial charge in [-0.1, -0.05) is 42.0 Å². The van der Waals surface area contributed by atoms with Crippen molar-refractivity contribution in [3.8, 4) is 17.1 Å². The third-order valence-electron chi connectivity index (χ3n) is 5.25. The van der Waals surface area contributed by atoms with E-state index in [-0.39, 0.29) is 12.5 Å². The van der Waals surface area contributed by atoms with E-state index in [1.165, 1.54) is 0 Å². The fourth-order valence-electron chi connectivity index (χ4n) is 3.60. The molecule has 0 saturated carbocycles. The van der Waals surface area contributed by atoms with Gasteiger partial charge in [-0.15, -0.1) is 0 Å². The summed E-state index contributed by atoms with van der Waals surface area (Å²) >= 11 is 5.34. The molecule has 0 aliphatic rings. The Bertz CT molecular complexity index is 1460. The average molecular weight is 441 g/mol. The van der Waals surface area contributed by atoms with Gasteiger partial charge in [-0.25, -0.2) is 4.98 Å². The van der Waals surface area contributed by atoms with Gasteiger partial charge in [0.1, 0.15) is 12.9 Å². The summed E-state index contributed by atoms with van der Waals surface area (Å²) in [5.74, 6) is 0.448. The van der Waals surface area contributed by atoms with Crippen molar-refractivity contribution in [2.45, 2.75) is 13.5 Å². The van der Waals surface area contributed by atoms with Crippen molar-refractivity contribution >= 4 is 34.8 Å². The van der Waals surface area contributed by atoms with E-state index in [0.29, 0.717) is 16.3 Å². The van der Waals surface area contributed by atoms with Crippen molar-refractivity contribution in [3.05, 3.63) is 89.5 Å². The number of aromatic amines is 1. The van der Waals surface area contributed by atoms with Crippen molar-refractivity contribution < 1.29 is 4.79 Å². The third kappa shape index (κ3) is 3.83. The highest BCUT2D eigenvalue weighted by Crippen LogP contribution is 2.21. The van der Waals surface area contributed by atoms with E-state index in [4.69, 9.17) is 12.2 Å². The molecule has 3 aromatic carbocycles. The number of imidazole rings is 1. The SMILES string of the molecule is Cc1ccc(-c2n[nH]c(=S)n2CC(=O)Nc2ccc(-n3cnc4ccccc43)cc2)cc1. The van der Waals surface area contributed by atoms with Gasteiger partial charge in [0.15, 0.2) is 10.6 Å². The molecule has 0 radical (unpaired) electrons. The summed E-state index contributed by atoms with van der Waals surface area (Å²) in [7, 11) is 0. The van der Waals surface area contributed by atoms with Crippen LogP contribution < -0.4 is 5.32 Å². The monoisotopic (exact) mass is 440 g/mol. The molecule has 2 heterocycles. The fourth-order valence-corrected chi connectivity index (χ4v) is 3.80. The molecule has 0 aliphatic heterocycles. The fraction of sp³-hybridized carbons (Fsp3) is 0.0833. The van der Waals surface area contributed by atoms with Gasteiger partial charge in [0, 0.05) is 16.9 Å². The zero-order valence-electron chi connectivity index (χ0n) is 17.3. The van der Waals surface area contributed by atoms with Crippen LogP contribution in [0.2, 0.25) is 0 Å². The second-order valence-electron chi connectivity index (χ2n) is 7.50. The highest BCUT2D eigenvalue weighted by Gasteiger charge is 2.13. The molecular formula is C24H20N6OS. The summed E-state index contributed by atoms with van der Waals surface area (Å²) < 4.78 is 4.11. The molecule has 0 unspecified atom stereocenters. The van der Waals surface area contributed by atoms with Crippen LogP contribution in [0, 0.1) is 11.7 Å². The molecular weight excluding hydrogens is 420 g/mol. The van der Waals surface area contributed by atoms with E-state index < -0.39 is 0 Å². The number of carbonyl (C=O) groups is 1. The number of aromatic nitrogens is 5. The summed E-state index contributed by atoms with van der Waals surface area (Å²) in [6.45, 7) is 2.08. The number of hydrogen-bond donors (Lipinski definition) is 2. The molecule has 5 aromatic rings. The minimum absolute atomic E-state index is 0.0620. The molecule has 0 spiro atoms. The lowest BCUT2D eigenvalue weighted by molar-refractivity contribution is -0.116. The van der Waals surface area contributed by atoms with Crippen molar-refractivity contribution in [1.29, 1.82) is 0 Å². The molecule has 2 N–H and O–H groups in total. The maximum atomic E-state index is 12.7. The number of hydrogen-bond acceptors (Lipinski definition) is 4. The van der Waals surface area contributed by atoms with Gasteiger partial charge >= 0.3 is 0 Å². The number of rotatable bonds is 5. The van der Waals surface area contributed by atoms with Crippen LogP contribution in [0.25, 0.3) is 28.1 Å². The van der Waals surface area contributed by atoms with E-state index in [9.17, 15) is 4.79 Å². The zero-order chi connectivity index (χ0) is 22.1. The highest BCUT2D eigenvalue weighted by molar-refractivity contribution is 7.71. The largest absolute Gasteiger partial charge is 0.325 e. The summed E-state index contributed by atoms with van der Waals surface area (Å²) in [4.78, 5) is 17.1. The lowest BCUT2D eigenvalue weighted by atomic mass is 10.1. The van der Waals surface area contributed by atoms with Crippen LogP contribution in [0.15, 0.2) is 79.1 Å². The Morgan fingerprint density at radius 2 is 1.78 bits per heavy atom. The molecule has 1 amide bonds. The van der Waals surface area contributed by atoms with Gasteiger partial charge in [0.05, 0.1) is 11.0 Å². The van der Waals surface area contributed by atoms with Crippen LogP contribution in [-0.2, 0) is 11.3 Å². The van der Waals surface area contributed by atoms with Crippen LogP contribution in [0.1, 0.15) is 5.56 Å². The molecule has 0 fully saturated rings. The van der Waals surface area contributed by atoms with E-state index in [0.717, 1.165) is 27.8 Å². The first-order chi connectivity index (χ1) is 15.6. The number of fused-ring (bicyclic) bond motifs is 1. The van der Waals surface area contributed by atoms with Gasteiger partial charge in [-0.05, 0) is 55.5 Å². The van der Waals surface area contributed by atoms with Crippen LogP contribution in [0.3, 0.4) is 0 Å². The zero-order valence-corrected chi connectivity index (χ0v) is 18.1. The Morgan fingerprint density at radius 1 is 1.03 bits per heavy atom. The highest BCUT2D eigenvalue weighted by atomic mass is 32.1. The van der Waals surface area contributed by atoms with Crippen molar-refractivity contribution in [2.24, 2.45) is 0 Å². The van der Waals surface area contributed by atoms with Crippen molar-refractivity contribution in [3.63, 3.8) is 0 Å². The molecule has 0 atom stereocenters. The van der Waals surface area contributed by atoms with E-state index in [1.54, 1.807) is 10.9 Å². The number of benzene rings is 3. The number of anilines is 1. The number of amides is 1. The number of carbonyl (C=O) groups excluding carboxylic acids is 1. The lowest BCUT2D eigenvalue weighted by Crippen LogP contribution is -2.19. The van der Waals surface area contributed by atoms with E-state index >= 15 is 0 Å². The maximum Gasteiger partial charge on any atom is 0.244 e. The molecule has 0 bridgehead atoms. The number of aryl methyl sites for hydroxylation is 1. The Morgan fingerprint density at radius 3 is 2.56 bits per heavy atom. The third-order valence-corrected chi connectivity index (χ3v) is 5.56. The molecule has 0 saturated heterocycles. The minimum Gasteiger partial charge on any atom is -0.325 e. The van der Waals surface area contributed by atoms with Gasteiger partial charge in [0.2, 0.25) is 5.91 Å². The first-order valence-corrected chi connectivity index (χ1v) is 10.5. The van der Waals surface area contributed by atoms with Crippen molar-refractivity contribution in [2.75, 3.05) is 5.32 Å². The summed E-state index contributed by atoms with van der Waals surface area (Å²) in [6.07, 6.45) is 1.80. The van der Waals surface area contributed by atoms with Gasteiger partial charge in [-0.2, -0.15) is 5.10 Å². The predicted octanol–water partition coefficient (Wildman–Crippen LogP) is 4.89.